The van der Waals surface area contributed by atoms with Crippen molar-refractivity contribution >= 4 is 17.2 Å². The Morgan fingerprint density at radius 3 is 2.94 bits per heavy atom. The number of aryl methyl sites for hydroxylation is 1. The minimum atomic E-state index is -0.545. The zero-order valence-corrected chi connectivity index (χ0v) is 10.9. The topological polar surface area (TPSA) is 81.2 Å². The second-order valence-corrected chi connectivity index (χ2v) is 5.18. The summed E-state index contributed by atoms with van der Waals surface area (Å²) in [5.41, 5.74) is 0. The number of nitro groups is 1. The summed E-state index contributed by atoms with van der Waals surface area (Å²) in [6.45, 7) is 4.44. The fraction of sp³-hybridized carbons (Fsp3) is 0.364. The van der Waals surface area contributed by atoms with Gasteiger partial charge in [0.05, 0.1) is 18.7 Å². The molecule has 1 atom stereocenters. The Bertz CT molecular complexity index is 549. The lowest BCUT2D eigenvalue weighted by Gasteiger charge is -2.08. The minimum Gasteiger partial charge on any atom is -0.404 e. The van der Waals surface area contributed by atoms with E-state index in [2.05, 4.69) is 10.3 Å². The number of thiazole rings is 1. The van der Waals surface area contributed by atoms with Crippen molar-refractivity contribution in [2.24, 2.45) is 0 Å². The second-order valence-electron chi connectivity index (χ2n) is 3.91. The van der Waals surface area contributed by atoms with Crippen molar-refractivity contribution in [1.29, 1.82) is 0 Å². The summed E-state index contributed by atoms with van der Waals surface area (Å²) >= 11 is 1.63. The van der Waals surface area contributed by atoms with Gasteiger partial charge in [-0.25, -0.2) is 4.98 Å². The molecular weight excluding hydrogens is 254 g/mol. The van der Waals surface area contributed by atoms with Gasteiger partial charge in [-0.05, 0) is 19.9 Å². The van der Waals surface area contributed by atoms with Gasteiger partial charge < -0.3 is 9.73 Å². The molecule has 0 aromatic carbocycles. The van der Waals surface area contributed by atoms with Gasteiger partial charge in [0.1, 0.15) is 15.7 Å². The average Bonchev–Trinajstić information content (AvgIpc) is 2.94. The van der Waals surface area contributed by atoms with E-state index in [1.54, 1.807) is 17.4 Å². The van der Waals surface area contributed by atoms with Crippen LogP contribution in [0.5, 0.6) is 0 Å². The summed E-state index contributed by atoms with van der Waals surface area (Å²) < 4.78 is 5.06. The van der Waals surface area contributed by atoms with Crippen molar-refractivity contribution in [3.63, 3.8) is 0 Å². The zero-order valence-electron chi connectivity index (χ0n) is 10.0. The summed E-state index contributed by atoms with van der Waals surface area (Å²) in [5.74, 6) is 0.311. The minimum absolute atomic E-state index is 0.0906. The number of rotatable bonds is 5. The Kier molecular flexibility index (Phi) is 3.73. The summed E-state index contributed by atoms with van der Waals surface area (Å²) in [5, 5.41) is 14.7. The number of hydrogen-bond acceptors (Lipinski definition) is 6. The average molecular weight is 267 g/mol. The third-order valence-electron chi connectivity index (χ3n) is 2.42. The van der Waals surface area contributed by atoms with Crippen LogP contribution >= 0.6 is 11.3 Å². The van der Waals surface area contributed by atoms with Gasteiger partial charge >= 0.3 is 5.88 Å². The van der Waals surface area contributed by atoms with E-state index in [1.165, 1.54) is 6.07 Å². The SMILES string of the molecule is Cc1cnc(C(C)NCc2ccc([N+](=O)[O-])o2)s1. The van der Waals surface area contributed by atoms with Gasteiger partial charge in [-0.2, -0.15) is 0 Å². The van der Waals surface area contributed by atoms with Crippen LogP contribution in [0.3, 0.4) is 0 Å². The van der Waals surface area contributed by atoms with E-state index in [4.69, 9.17) is 4.42 Å². The Morgan fingerprint density at radius 1 is 1.61 bits per heavy atom. The highest BCUT2D eigenvalue weighted by Gasteiger charge is 2.13. The largest absolute Gasteiger partial charge is 0.433 e. The predicted octanol–water partition coefficient (Wildman–Crippen LogP) is 2.80. The first-order chi connectivity index (χ1) is 8.56. The Balaban J connectivity index is 1.92. The van der Waals surface area contributed by atoms with Gasteiger partial charge in [0, 0.05) is 11.1 Å². The highest BCUT2D eigenvalue weighted by Crippen LogP contribution is 2.20. The second kappa shape index (κ2) is 5.28. The molecule has 0 fully saturated rings. The predicted molar refractivity (Wildman–Crippen MR) is 67.5 cm³/mol. The van der Waals surface area contributed by atoms with Crippen LogP contribution in [0.15, 0.2) is 22.7 Å². The first-order valence-electron chi connectivity index (χ1n) is 5.45. The van der Waals surface area contributed by atoms with Crippen molar-refractivity contribution in [2.45, 2.75) is 26.4 Å². The van der Waals surface area contributed by atoms with Crippen LogP contribution in [0.25, 0.3) is 0 Å². The van der Waals surface area contributed by atoms with Crippen molar-refractivity contribution in [1.82, 2.24) is 10.3 Å². The first kappa shape index (κ1) is 12.7. The maximum absolute atomic E-state index is 10.5. The monoisotopic (exact) mass is 267 g/mol. The molecule has 18 heavy (non-hydrogen) atoms. The van der Waals surface area contributed by atoms with Crippen LogP contribution in [-0.2, 0) is 6.54 Å². The van der Waals surface area contributed by atoms with Crippen molar-refractivity contribution in [2.75, 3.05) is 0 Å². The molecule has 1 unspecified atom stereocenters. The van der Waals surface area contributed by atoms with Gasteiger partial charge in [0.25, 0.3) is 0 Å². The molecule has 0 radical (unpaired) electrons. The van der Waals surface area contributed by atoms with E-state index < -0.39 is 4.92 Å². The number of nitrogens with one attached hydrogen (secondary N) is 1. The molecule has 0 aliphatic rings. The lowest BCUT2D eigenvalue weighted by atomic mass is 10.3. The molecule has 6 nitrogen and oxygen atoms in total. The van der Waals surface area contributed by atoms with Crippen LogP contribution in [0.4, 0.5) is 5.88 Å². The van der Waals surface area contributed by atoms with Crippen LogP contribution in [0, 0.1) is 17.0 Å². The Labute approximate surface area is 108 Å². The molecule has 0 aliphatic heterocycles. The third-order valence-corrected chi connectivity index (χ3v) is 3.51. The maximum atomic E-state index is 10.5. The van der Waals surface area contributed by atoms with Gasteiger partial charge in [0.2, 0.25) is 0 Å². The van der Waals surface area contributed by atoms with E-state index in [1.807, 2.05) is 20.0 Å². The van der Waals surface area contributed by atoms with E-state index in [0.717, 1.165) is 9.88 Å². The third kappa shape index (κ3) is 2.93. The summed E-state index contributed by atoms with van der Waals surface area (Å²) in [6, 6.07) is 3.05. The lowest BCUT2D eigenvalue weighted by molar-refractivity contribution is -0.402. The molecule has 0 saturated heterocycles. The number of nitrogens with zero attached hydrogens (tertiary/aromatic N) is 2. The fourth-order valence-electron chi connectivity index (χ4n) is 1.47. The van der Waals surface area contributed by atoms with E-state index in [0.29, 0.717) is 12.3 Å². The van der Waals surface area contributed by atoms with Crippen molar-refractivity contribution in [3.8, 4) is 0 Å². The quantitative estimate of drug-likeness (QED) is 0.665. The van der Waals surface area contributed by atoms with Crippen molar-refractivity contribution < 1.29 is 9.34 Å². The smallest absolute Gasteiger partial charge is 0.404 e. The standard InChI is InChI=1S/C11H13N3O3S/c1-7-5-13-11(18-7)8(2)12-6-9-3-4-10(17-9)14(15)16/h3-5,8,12H,6H2,1-2H3. The summed E-state index contributed by atoms with van der Waals surface area (Å²) in [4.78, 5) is 15.4. The molecule has 0 bridgehead atoms. The normalized spacial score (nSPS) is 12.6. The molecule has 2 aromatic heterocycles. The number of furan rings is 1. The fourth-order valence-corrected chi connectivity index (χ4v) is 2.27. The first-order valence-corrected chi connectivity index (χ1v) is 6.26. The molecule has 0 aliphatic carbocycles. The van der Waals surface area contributed by atoms with Crippen molar-refractivity contribution in [3.05, 3.63) is 44.1 Å². The van der Waals surface area contributed by atoms with Crippen LogP contribution in [-0.4, -0.2) is 9.91 Å². The summed E-state index contributed by atoms with van der Waals surface area (Å²) in [6.07, 6.45) is 1.83. The van der Waals surface area contributed by atoms with E-state index >= 15 is 0 Å². The van der Waals surface area contributed by atoms with Crippen LogP contribution in [0.2, 0.25) is 0 Å². The van der Waals surface area contributed by atoms with Crippen LogP contribution < -0.4 is 5.32 Å². The molecular formula is C11H13N3O3S. The van der Waals surface area contributed by atoms with Gasteiger partial charge in [0.15, 0.2) is 0 Å². The molecule has 0 amide bonds. The molecule has 0 saturated carbocycles. The number of hydrogen-bond donors (Lipinski definition) is 1. The highest BCUT2D eigenvalue weighted by molar-refractivity contribution is 7.11. The summed E-state index contributed by atoms with van der Waals surface area (Å²) in [7, 11) is 0. The maximum Gasteiger partial charge on any atom is 0.433 e. The molecule has 2 aromatic rings. The Hall–Kier alpha value is -1.73. The van der Waals surface area contributed by atoms with E-state index in [-0.39, 0.29) is 11.9 Å². The molecule has 7 heteroatoms. The molecule has 2 rings (SSSR count). The molecule has 0 spiro atoms. The van der Waals surface area contributed by atoms with Gasteiger partial charge in [-0.15, -0.1) is 11.3 Å². The lowest BCUT2D eigenvalue weighted by Crippen LogP contribution is -2.17. The Morgan fingerprint density at radius 2 is 2.39 bits per heavy atom. The van der Waals surface area contributed by atoms with Gasteiger partial charge in [-0.3, -0.25) is 10.1 Å². The number of aromatic nitrogens is 1. The van der Waals surface area contributed by atoms with Gasteiger partial charge in [-0.1, -0.05) is 0 Å². The molecule has 96 valence electrons. The zero-order chi connectivity index (χ0) is 13.1. The molecule has 2 heterocycles. The van der Waals surface area contributed by atoms with E-state index in [9.17, 15) is 10.1 Å². The molecule has 1 N–H and O–H groups in total. The van der Waals surface area contributed by atoms with Crippen LogP contribution in [0.1, 0.15) is 28.6 Å². The highest BCUT2D eigenvalue weighted by atomic mass is 32.1.